The molecule has 1 fully saturated rings. The number of amides is 1. The number of nitrogens with two attached hydrogens (primary N) is 1. The number of aromatic nitrogens is 1. The maximum atomic E-state index is 10.9. The molecule has 0 unspecified atom stereocenters. The number of ether oxygens (including phenoxy) is 1. The minimum absolute atomic E-state index is 0.0387. The van der Waals surface area contributed by atoms with Gasteiger partial charge in [0.05, 0.1) is 0 Å². The van der Waals surface area contributed by atoms with Crippen LogP contribution in [-0.4, -0.2) is 36.1 Å². The Morgan fingerprint density at radius 2 is 2.11 bits per heavy atom. The molecular weight excluding hydrogens is 230 g/mol. The van der Waals surface area contributed by atoms with Gasteiger partial charge < -0.3 is 15.4 Å². The molecule has 0 atom stereocenters. The minimum Gasteiger partial charge on any atom is -0.384 e. The van der Waals surface area contributed by atoms with Crippen molar-refractivity contribution < 1.29 is 9.53 Å². The fourth-order valence-corrected chi connectivity index (χ4v) is 1.42. The lowest BCUT2D eigenvalue weighted by molar-refractivity contribution is -0.128. The van der Waals surface area contributed by atoms with Gasteiger partial charge in [0.25, 0.3) is 0 Å². The minimum atomic E-state index is 0.0387. The molecule has 0 bridgehead atoms. The Balaban J connectivity index is 0.000000269. The van der Waals surface area contributed by atoms with Gasteiger partial charge in [-0.2, -0.15) is 0 Å². The van der Waals surface area contributed by atoms with Gasteiger partial charge in [-0.05, 0) is 24.5 Å². The quantitative estimate of drug-likeness (QED) is 0.863. The van der Waals surface area contributed by atoms with Gasteiger partial charge in [0.1, 0.15) is 5.82 Å². The van der Waals surface area contributed by atoms with Gasteiger partial charge in [0.2, 0.25) is 5.91 Å². The summed E-state index contributed by atoms with van der Waals surface area (Å²) in [5.41, 5.74) is 6.40. The summed E-state index contributed by atoms with van der Waals surface area (Å²) in [6.07, 6.45) is 4.23. The van der Waals surface area contributed by atoms with Crippen LogP contribution in [0.15, 0.2) is 18.3 Å². The molecule has 1 aromatic heterocycles. The molecule has 100 valence electrons. The molecule has 2 N–H and O–H groups in total. The van der Waals surface area contributed by atoms with E-state index >= 15 is 0 Å². The van der Waals surface area contributed by atoms with Gasteiger partial charge >= 0.3 is 0 Å². The fraction of sp³-hybridized carbons (Fsp3) is 0.538. The number of hydrogen-bond acceptors (Lipinski definition) is 4. The lowest BCUT2D eigenvalue weighted by Gasteiger charge is -2.14. The second-order valence-corrected chi connectivity index (χ2v) is 4.29. The van der Waals surface area contributed by atoms with Crippen molar-refractivity contribution in [3.05, 3.63) is 23.9 Å². The molecule has 1 saturated heterocycles. The zero-order valence-corrected chi connectivity index (χ0v) is 11.1. The Kier molecular flexibility index (Phi) is 6.14. The zero-order chi connectivity index (χ0) is 13.4. The Bertz CT molecular complexity index is 353. The van der Waals surface area contributed by atoms with E-state index in [-0.39, 0.29) is 5.91 Å². The van der Waals surface area contributed by atoms with Crippen LogP contribution in [0.3, 0.4) is 0 Å². The van der Waals surface area contributed by atoms with E-state index in [1.165, 1.54) is 19.8 Å². The molecule has 1 aromatic rings. The first-order valence-electron chi connectivity index (χ1n) is 6.09. The number of nitrogen functional groups attached to an aromatic ring is 1. The van der Waals surface area contributed by atoms with E-state index in [4.69, 9.17) is 10.5 Å². The van der Waals surface area contributed by atoms with Crippen LogP contribution in [0.4, 0.5) is 5.82 Å². The number of nitrogens with zero attached hydrogens (tertiary/aromatic N) is 2. The Morgan fingerprint density at radius 3 is 2.50 bits per heavy atom. The maximum absolute atomic E-state index is 10.9. The molecule has 0 spiro atoms. The first kappa shape index (κ1) is 14.4. The van der Waals surface area contributed by atoms with Crippen LogP contribution in [-0.2, 0) is 16.1 Å². The molecule has 1 aliphatic rings. The number of pyridine rings is 1. The van der Waals surface area contributed by atoms with E-state index in [0.29, 0.717) is 12.4 Å². The molecular formula is C13H21N3O2. The van der Waals surface area contributed by atoms with Crippen LogP contribution in [0.1, 0.15) is 25.3 Å². The molecule has 1 amide bonds. The molecule has 2 heterocycles. The Hall–Kier alpha value is -1.62. The van der Waals surface area contributed by atoms with Gasteiger partial charge in [-0.15, -0.1) is 0 Å². The highest BCUT2D eigenvalue weighted by Gasteiger charge is 2.02. The van der Waals surface area contributed by atoms with Crippen LogP contribution < -0.4 is 5.73 Å². The van der Waals surface area contributed by atoms with E-state index < -0.39 is 0 Å². The molecule has 5 heteroatoms. The lowest BCUT2D eigenvalue weighted by atomic mass is 10.2. The monoisotopic (exact) mass is 251 g/mol. The predicted molar refractivity (Wildman–Crippen MR) is 70.9 cm³/mol. The van der Waals surface area contributed by atoms with E-state index in [2.05, 4.69) is 4.98 Å². The number of carbonyl (C=O) groups excluding carboxylic acids is 1. The van der Waals surface area contributed by atoms with Crippen LogP contribution >= 0.6 is 0 Å². The van der Waals surface area contributed by atoms with Crippen LogP contribution in [0.5, 0.6) is 0 Å². The summed E-state index contributed by atoms with van der Waals surface area (Å²) < 4.78 is 4.94. The summed E-state index contributed by atoms with van der Waals surface area (Å²) in [4.78, 5) is 16.4. The maximum Gasteiger partial charge on any atom is 0.219 e. The van der Waals surface area contributed by atoms with Crippen LogP contribution in [0.25, 0.3) is 0 Å². The summed E-state index contributed by atoms with van der Waals surface area (Å²) in [6, 6.07) is 3.59. The summed E-state index contributed by atoms with van der Waals surface area (Å²) >= 11 is 0. The Morgan fingerprint density at radius 1 is 1.44 bits per heavy atom. The standard InChI is InChI=1S/C9H13N3O.C4H8O/c1-7(13)12(2)6-8-3-4-9(10)11-5-8;1-2-4-5-3-1/h3-5H,6H2,1-2H3,(H2,10,11);1-4H2. The van der Waals surface area contributed by atoms with E-state index in [1.54, 1.807) is 24.2 Å². The highest BCUT2D eigenvalue weighted by atomic mass is 16.5. The molecule has 0 radical (unpaired) electrons. The number of carbonyl (C=O) groups is 1. The van der Waals surface area contributed by atoms with Gasteiger partial charge in [0.15, 0.2) is 0 Å². The molecule has 5 nitrogen and oxygen atoms in total. The normalized spacial score (nSPS) is 13.7. The van der Waals surface area contributed by atoms with Crippen molar-refractivity contribution >= 4 is 11.7 Å². The van der Waals surface area contributed by atoms with Gasteiger partial charge in [-0.3, -0.25) is 4.79 Å². The van der Waals surface area contributed by atoms with Crippen molar-refractivity contribution in [1.29, 1.82) is 0 Å². The number of hydrogen-bond donors (Lipinski definition) is 1. The third kappa shape index (κ3) is 5.63. The topological polar surface area (TPSA) is 68.5 Å². The molecule has 0 aromatic carbocycles. The first-order chi connectivity index (χ1) is 8.59. The summed E-state index contributed by atoms with van der Waals surface area (Å²) in [5, 5.41) is 0. The van der Waals surface area contributed by atoms with Crippen molar-refractivity contribution in [1.82, 2.24) is 9.88 Å². The largest absolute Gasteiger partial charge is 0.384 e. The molecule has 0 aliphatic carbocycles. The molecule has 18 heavy (non-hydrogen) atoms. The average molecular weight is 251 g/mol. The molecule has 0 saturated carbocycles. The predicted octanol–water partition coefficient (Wildman–Crippen LogP) is 1.44. The number of rotatable bonds is 2. The third-order valence-electron chi connectivity index (χ3n) is 2.63. The van der Waals surface area contributed by atoms with E-state index in [0.717, 1.165) is 18.8 Å². The van der Waals surface area contributed by atoms with Crippen molar-refractivity contribution in [2.75, 3.05) is 26.0 Å². The molecule has 2 rings (SSSR count). The van der Waals surface area contributed by atoms with Gasteiger partial charge in [-0.25, -0.2) is 4.98 Å². The second kappa shape index (κ2) is 7.66. The van der Waals surface area contributed by atoms with Crippen molar-refractivity contribution in [2.24, 2.45) is 0 Å². The van der Waals surface area contributed by atoms with Gasteiger partial charge in [-0.1, -0.05) is 6.07 Å². The Labute approximate surface area is 108 Å². The van der Waals surface area contributed by atoms with E-state index in [9.17, 15) is 4.79 Å². The van der Waals surface area contributed by atoms with E-state index in [1.807, 2.05) is 6.07 Å². The lowest BCUT2D eigenvalue weighted by Crippen LogP contribution is -2.23. The highest BCUT2D eigenvalue weighted by Crippen LogP contribution is 2.04. The molecule has 1 aliphatic heterocycles. The zero-order valence-electron chi connectivity index (χ0n) is 11.1. The first-order valence-corrected chi connectivity index (χ1v) is 6.09. The third-order valence-corrected chi connectivity index (χ3v) is 2.63. The average Bonchev–Trinajstić information content (AvgIpc) is 2.90. The van der Waals surface area contributed by atoms with Crippen LogP contribution in [0.2, 0.25) is 0 Å². The van der Waals surface area contributed by atoms with Crippen molar-refractivity contribution in [3.8, 4) is 0 Å². The number of anilines is 1. The smallest absolute Gasteiger partial charge is 0.219 e. The highest BCUT2D eigenvalue weighted by molar-refractivity contribution is 5.72. The summed E-state index contributed by atoms with van der Waals surface area (Å²) in [6.45, 7) is 4.10. The summed E-state index contributed by atoms with van der Waals surface area (Å²) in [5.74, 6) is 0.533. The van der Waals surface area contributed by atoms with Crippen LogP contribution in [0, 0.1) is 0 Å². The van der Waals surface area contributed by atoms with Gasteiger partial charge in [0, 0.05) is 39.9 Å². The second-order valence-electron chi connectivity index (χ2n) is 4.29. The van der Waals surface area contributed by atoms with Crippen molar-refractivity contribution in [2.45, 2.75) is 26.3 Å². The summed E-state index contributed by atoms with van der Waals surface area (Å²) in [7, 11) is 1.75. The SMILES string of the molecule is C1CCOC1.CC(=O)N(C)Cc1ccc(N)nc1. The fourth-order valence-electron chi connectivity index (χ4n) is 1.42. The van der Waals surface area contributed by atoms with Crippen molar-refractivity contribution in [3.63, 3.8) is 0 Å².